The normalized spacial score (nSPS) is 11.7. The second kappa shape index (κ2) is 4.06. The fourth-order valence-corrected chi connectivity index (χ4v) is 1.47. The first-order valence-corrected chi connectivity index (χ1v) is 4.86. The van der Waals surface area contributed by atoms with Gasteiger partial charge in [0, 0.05) is 5.56 Å². The fraction of sp³-hybridized carbons (Fsp3) is 0.545. The molecule has 4 nitrogen and oxygen atoms in total. The van der Waals surface area contributed by atoms with Crippen molar-refractivity contribution in [1.82, 2.24) is 5.32 Å². The van der Waals surface area contributed by atoms with Gasteiger partial charge in [-0.05, 0) is 12.5 Å². The van der Waals surface area contributed by atoms with Crippen LogP contribution in [-0.4, -0.2) is 18.1 Å². The van der Waals surface area contributed by atoms with Crippen molar-refractivity contribution in [2.45, 2.75) is 32.7 Å². The Labute approximate surface area is 89.3 Å². The van der Waals surface area contributed by atoms with Crippen molar-refractivity contribution in [3.63, 3.8) is 0 Å². The van der Waals surface area contributed by atoms with E-state index in [0.29, 0.717) is 12.3 Å². The Morgan fingerprint density at radius 3 is 2.53 bits per heavy atom. The van der Waals surface area contributed by atoms with Crippen molar-refractivity contribution in [3.8, 4) is 0 Å². The maximum Gasteiger partial charge on any atom is 0.339 e. The Hall–Kier alpha value is -1.29. The van der Waals surface area contributed by atoms with Crippen LogP contribution in [0.4, 0.5) is 0 Å². The molecule has 0 aliphatic rings. The van der Waals surface area contributed by atoms with Crippen LogP contribution in [0.25, 0.3) is 0 Å². The summed E-state index contributed by atoms with van der Waals surface area (Å²) in [7, 11) is 1.75. The summed E-state index contributed by atoms with van der Waals surface area (Å²) < 4.78 is 5.28. The highest BCUT2D eigenvalue weighted by Gasteiger charge is 2.27. The van der Waals surface area contributed by atoms with Crippen LogP contribution in [0.3, 0.4) is 0 Å². The summed E-state index contributed by atoms with van der Waals surface area (Å²) in [6.45, 7) is 6.33. The van der Waals surface area contributed by atoms with Gasteiger partial charge in [-0.2, -0.15) is 0 Å². The number of carboxylic acid groups (broad SMARTS) is 1. The van der Waals surface area contributed by atoms with E-state index in [-0.39, 0.29) is 11.0 Å². The van der Waals surface area contributed by atoms with E-state index < -0.39 is 5.97 Å². The zero-order valence-electron chi connectivity index (χ0n) is 9.55. The molecule has 0 spiro atoms. The van der Waals surface area contributed by atoms with E-state index in [1.54, 1.807) is 7.05 Å². The lowest BCUT2D eigenvalue weighted by molar-refractivity contribution is 0.0692. The first-order valence-electron chi connectivity index (χ1n) is 4.86. The number of carboxylic acids is 1. The summed E-state index contributed by atoms with van der Waals surface area (Å²) in [6, 6.07) is 0. The molecule has 0 saturated heterocycles. The highest BCUT2D eigenvalue weighted by molar-refractivity contribution is 5.91. The number of hydrogen-bond donors (Lipinski definition) is 2. The molecule has 4 heteroatoms. The Balaban J connectivity index is 3.24. The minimum Gasteiger partial charge on any atom is -0.478 e. The zero-order chi connectivity index (χ0) is 11.6. The molecule has 15 heavy (non-hydrogen) atoms. The third kappa shape index (κ3) is 2.39. The Bertz CT molecular complexity index is 360. The number of rotatable bonds is 3. The smallest absolute Gasteiger partial charge is 0.339 e. The predicted octanol–water partition coefficient (Wildman–Crippen LogP) is 1.99. The maximum atomic E-state index is 11.1. The predicted molar refractivity (Wildman–Crippen MR) is 57.1 cm³/mol. The average molecular weight is 211 g/mol. The average Bonchev–Trinajstić information content (AvgIpc) is 2.47. The van der Waals surface area contributed by atoms with Crippen LogP contribution in [0.2, 0.25) is 0 Å². The monoisotopic (exact) mass is 211 g/mol. The molecule has 0 aliphatic carbocycles. The number of nitrogens with one attached hydrogen (secondary N) is 1. The molecule has 0 radical (unpaired) electrons. The summed E-state index contributed by atoms with van der Waals surface area (Å²) in [5.74, 6) is -0.450. The van der Waals surface area contributed by atoms with Crippen LogP contribution in [0.15, 0.2) is 10.7 Å². The molecule has 0 saturated carbocycles. The van der Waals surface area contributed by atoms with Gasteiger partial charge in [-0.3, -0.25) is 0 Å². The quantitative estimate of drug-likeness (QED) is 0.802. The molecule has 0 fully saturated rings. The van der Waals surface area contributed by atoms with Crippen LogP contribution in [0.1, 0.15) is 42.5 Å². The molecule has 2 N–H and O–H groups in total. The molecule has 1 aromatic rings. The van der Waals surface area contributed by atoms with Gasteiger partial charge in [0.15, 0.2) is 0 Å². The summed E-state index contributed by atoms with van der Waals surface area (Å²) in [5.41, 5.74) is 0.806. The highest BCUT2D eigenvalue weighted by Crippen LogP contribution is 2.29. The van der Waals surface area contributed by atoms with Gasteiger partial charge < -0.3 is 14.8 Å². The van der Waals surface area contributed by atoms with Gasteiger partial charge >= 0.3 is 5.97 Å². The van der Waals surface area contributed by atoms with Gasteiger partial charge in [0.2, 0.25) is 0 Å². The second-order valence-corrected chi connectivity index (χ2v) is 4.53. The number of furan rings is 1. The number of hydrogen-bond acceptors (Lipinski definition) is 3. The van der Waals surface area contributed by atoms with E-state index in [1.807, 2.05) is 20.8 Å². The van der Waals surface area contributed by atoms with Gasteiger partial charge in [0.25, 0.3) is 0 Å². The van der Waals surface area contributed by atoms with Crippen molar-refractivity contribution in [2.24, 2.45) is 0 Å². The summed E-state index contributed by atoms with van der Waals surface area (Å²) in [6.07, 6.45) is 1.54. The lowest BCUT2D eigenvalue weighted by Crippen LogP contribution is -2.17. The molecule has 1 heterocycles. The van der Waals surface area contributed by atoms with Crippen LogP contribution in [0.5, 0.6) is 0 Å². The largest absolute Gasteiger partial charge is 0.478 e. The van der Waals surface area contributed by atoms with Gasteiger partial charge in [-0.25, -0.2) is 4.79 Å². The zero-order valence-corrected chi connectivity index (χ0v) is 9.55. The molecule has 1 rings (SSSR count). The molecule has 0 atom stereocenters. The van der Waals surface area contributed by atoms with Crippen LogP contribution < -0.4 is 5.32 Å². The van der Waals surface area contributed by atoms with Crippen molar-refractivity contribution in [2.75, 3.05) is 7.05 Å². The molecule has 84 valence electrons. The molecular formula is C11H17NO3. The Kier molecular flexibility index (Phi) is 3.19. The third-order valence-electron chi connectivity index (χ3n) is 2.23. The summed E-state index contributed by atoms with van der Waals surface area (Å²) >= 11 is 0. The fourth-order valence-electron chi connectivity index (χ4n) is 1.47. The second-order valence-electron chi connectivity index (χ2n) is 4.53. The van der Waals surface area contributed by atoms with E-state index in [2.05, 4.69) is 5.32 Å². The highest BCUT2D eigenvalue weighted by atomic mass is 16.4. The first kappa shape index (κ1) is 11.8. The van der Waals surface area contributed by atoms with E-state index in [4.69, 9.17) is 9.52 Å². The SMILES string of the molecule is CNCc1occ(C(C)(C)C)c1C(=O)O. The summed E-state index contributed by atoms with van der Waals surface area (Å²) in [5, 5.41) is 12.0. The number of aromatic carboxylic acids is 1. The van der Waals surface area contributed by atoms with Gasteiger partial charge in [0.1, 0.15) is 11.3 Å². The molecule has 0 aliphatic heterocycles. The first-order chi connectivity index (χ1) is 6.88. The molecule has 0 amide bonds. The van der Waals surface area contributed by atoms with Crippen molar-refractivity contribution >= 4 is 5.97 Å². The number of carbonyl (C=O) groups is 1. The van der Waals surface area contributed by atoms with Gasteiger partial charge in [0.05, 0.1) is 12.8 Å². The van der Waals surface area contributed by atoms with E-state index in [1.165, 1.54) is 6.26 Å². The topological polar surface area (TPSA) is 62.5 Å². The Morgan fingerprint density at radius 1 is 1.53 bits per heavy atom. The minimum atomic E-state index is -0.932. The van der Waals surface area contributed by atoms with Crippen LogP contribution in [-0.2, 0) is 12.0 Å². The maximum absolute atomic E-state index is 11.1. The Morgan fingerprint density at radius 2 is 2.13 bits per heavy atom. The summed E-state index contributed by atoms with van der Waals surface area (Å²) in [4.78, 5) is 11.1. The molecule has 1 aromatic heterocycles. The molecule has 0 unspecified atom stereocenters. The van der Waals surface area contributed by atoms with E-state index >= 15 is 0 Å². The lowest BCUT2D eigenvalue weighted by Gasteiger charge is -2.17. The van der Waals surface area contributed by atoms with E-state index in [9.17, 15) is 4.79 Å². The molecular weight excluding hydrogens is 194 g/mol. The minimum absolute atomic E-state index is 0.219. The van der Waals surface area contributed by atoms with Crippen molar-refractivity contribution < 1.29 is 14.3 Å². The van der Waals surface area contributed by atoms with Crippen LogP contribution >= 0.6 is 0 Å². The molecule has 0 bridgehead atoms. The van der Waals surface area contributed by atoms with Gasteiger partial charge in [-0.15, -0.1) is 0 Å². The van der Waals surface area contributed by atoms with E-state index in [0.717, 1.165) is 5.56 Å². The standard InChI is InChI=1S/C11H17NO3/c1-11(2,3)7-6-15-8(5-12-4)9(7)10(13)14/h6,12H,5H2,1-4H3,(H,13,14). The van der Waals surface area contributed by atoms with Crippen molar-refractivity contribution in [3.05, 3.63) is 23.2 Å². The lowest BCUT2D eigenvalue weighted by atomic mass is 9.86. The van der Waals surface area contributed by atoms with Crippen molar-refractivity contribution in [1.29, 1.82) is 0 Å². The molecule has 0 aromatic carbocycles. The third-order valence-corrected chi connectivity index (χ3v) is 2.23. The van der Waals surface area contributed by atoms with Gasteiger partial charge in [-0.1, -0.05) is 20.8 Å². The van der Waals surface area contributed by atoms with Crippen LogP contribution in [0, 0.1) is 0 Å².